The molecule has 5 nitrogen and oxygen atoms in total. The van der Waals surface area contributed by atoms with E-state index in [1.165, 1.54) is 11.8 Å². The Labute approximate surface area is 143 Å². The van der Waals surface area contributed by atoms with Crippen LogP contribution in [-0.2, 0) is 4.79 Å². The summed E-state index contributed by atoms with van der Waals surface area (Å²) in [6, 6.07) is 10.6. The molecular weight excluding hydrogens is 334 g/mol. The van der Waals surface area contributed by atoms with Gasteiger partial charge in [0.2, 0.25) is 5.91 Å². The number of halogens is 1. The molecule has 2 rings (SSSR count). The van der Waals surface area contributed by atoms with Gasteiger partial charge in [-0.25, -0.2) is 0 Å². The number of nitrogens with zero attached hydrogens (tertiary/aromatic N) is 1. The largest absolute Gasteiger partial charge is 0.272 e. The Hall–Kier alpha value is -2.05. The lowest BCUT2D eigenvalue weighted by Gasteiger charge is -2.09. The van der Waals surface area contributed by atoms with Crippen molar-refractivity contribution in [1.82, 2.24) is 15.8 Å². The SMILES string of the molecule is Cc1ccc(C(=O)NNC(=O)CSc2ccc(Cl)cc2)c(C)n1. The van der Waals surface area contributed by atoms with Gasteiger partial charge >= 0.3 is 0 Å². The van der Waals surface area contributed by atoms with Crippen molar-refractivity contribution in [3.05, 3.63) is 58.4 Å². The zero-order chi connectivity index (χ0) is 16.8. The standard InChI is InChI=1S/C16H16ClN3O2S/c1-10-3-8-14(11(2)18-10)16(22)20-19-15(21)9-23-13-6-4-12(17)5-7-13/h3-8H,9H2,1-2H3,(H,19,21)(H,20,22). The zero-order valence-corrected chi connectivity index (χ0v) is 14.3. The fourth-order valence-corrected chi connectivity index (χ4v) is 2.66. The predicted molar refractivity (Wildman–Crippen MR) is 91.5 cm³/mol. The summed E-state index contributed by atoms with van der Waals surface area (Å²) in [6.45, 7) is 3.60. The molecule has 0 saturated heterocycles. The van der Waals surface area contributed by atoms with Gasteiger partial charge in [-0.2, -0.15) is 0 Å². The summed E-state index contributed by atoms with van der Waals surface area (Å²) < 4.78 is 0. The van der Waals surface area contributed by atoms with Gasteiger partial charge in [-0.1, -0.05) is 11.6 Å². The van der Waals surface area contributed by atoms with E-state index < -0.39 is 0 Å². The highest BCUT2D eigenvalue weighted by molar-refractivity contribution is 8.00. The first-order chi connectivity index (χ1) is 11.0. The molecule has 2 N–H and O–H groups in total. The van der Waals surface area contributed by atoms with Crippen molar-refractivity contribution < 1.29 is 9.59 Å². The number of thioether (sulfide) groups is 1. The van der Waals surface area contributed by atoms with Gasteiger partial charge in [-0.05, 0) is 50.2 Å². The second kappa shape index (κ2) is 7.99. The molecule has 7 heteroatoms. The van der Waals surface area contributed by atoms with E-state index in [-0.39, 0.29) is 17.6 Å². The molecule has 0 aliphatic carbocycles. The normalized spacial score (nSPS) is 10.2. The van der Waals surface area contributed by atoms with Crippen LogP contribution in [0.1, 0.15) is 21.7 Å². The van der Waals surface area contributed by atoms with Crippen molar-refractivity contribution >= 4 is 35.2 Å². The van der Waals surface area contributed by atoms with Gasteiger partial charge in [0.1, 0.15) is 0 Å². The number of pyridine rings is 1. The summed E-state index contributed by atoms with van der Waals surface area (Å²) in [7, 11) is 0. The molecule has 1 aromatic heterocycles. The number of aromatic nitrogens is 1. The number of rotatable bonds is 4. The highest BCUT2D eigenvalue weighted by Gasteiger charge is 2.11. The summed E-state index contributed by atoms with van der Waals surface area (Å²) in [4.78, 5) is 28.9. The quantitative estimate of drug-likeness (QED) is 0.657. The van der Waals surface area contributed by atoms with Gasteiger partial charge in [0.15, 0.2) is 0 Å². The van der Waals surface area contributed by atoms with Crippen LogP contribution in [-0.4, -0.2) is 22.6 Å². The molecule has 0 bridgehead atoms. The average Bonchev–Trinajstić information content (AvgIpc) is 2.52. The van der Waals surface area contributed by atoms with E-state index in [0.29, 0.717) is 16.3 Å². The molecule has 0 unspecified atom stereocenters. The number of carbonyl (C=O) groups excluding carboxylic acids is 2. The Morgan fingerprint density at radius 3 is 2.43 bits per heavy atom. The van der Waals surface area contributed by atoms with Crippen LogP contribution >= 0.6 is 23.4 Å². The number of hydrogen-bond donors (Lipinski definition) is 2. The molecule has 0 aliphatic heterocycles. The lowest BCUT2D eigenvalue weighted by Crippen LogP contribution is -2.42. The van der Waals surface area contributed by atoms with Crippen molar-refractivity contribution in [1.29, 1.82) is 0 Å². The van der Waals surface area contributed by atoms with E-state index >= 15 is 0 Å². The first kappa shape index (κ1) is 17.3. The molecule has 1 aromatic carbocycles. The highest BCUT2D eigenvalue weighted by Crippen LogP contribution is 2.19. The Morgan fingerprint density at radius 1 is 1.09 bits per heavy atom. The molecule has 120 valence electrons. The summed E-state index contributed by atoms with van der Waals surface area (Å²) >= 11 is 7.15. The molecule has 23 heavy (non-hydrogen) atoms. The number of amides is 2. The number of benzene rings is 1. The molecule has 0 fully saturated rings. The monoisotopic (exact) mass is 349 g/mol. The van der Waals surface area contributed by atoms with Crippen molar-refractivity contribution in [3.63, 3.8) is 0 Å². The maximum atomic E-state index is 12.0. The molecular formula is C16H16ClN3O2S. The van der Waals surface area contributed by atoms with Crippen LogP contribution in [0.2, 0.25) is 5.02 Å². The second-order valence-electron chi connectivity index (χ2n) is 4.83. The van der Waals surface area contributed by atoms with Crippen LogP contribution < -0.4 is 10.9 Å². The molecule has 2 aromatic rings. The zero-order valence-electron chi connectivity index (χ0n) is 12.7. The third kappa shape index (κ3) is 5.26. The van der Waals surface area contributed by atoms with Crippen LogP contribution in [0.15, 0.2) is 41.3 Å². The van der Waals surface area contributed by atoms with Crippen molar-refractivity contribution in [2.45, 2.75) is 18.7 Å². The molecule has 0 spiro atoms. The van der Waals surface area contributed by atoms with Crippen molar-refractivity contribution in [3.8, 4) is 0 Å². The number of hydrazine groups is 1. The maximum Gasteiger partial charge on any atom is 0.271 e. The van der Waals surface area contributed by atoms with E-state index in [0.717, 1.165) is 10.6 Å². The second-order valence-corrected chi connectivity index (χ2v) is 6.32. The van der Waals surface area contributed by atoms with Crippen LogP contribution in [0.3, 0.4) is 0 Å². The van der Waals surface area contributed by atoms with E-state index in [1.54, 1.807) is 31.2 Å². The summed E-state index contributed by atoms with van der Waals surface area (Å²) in [5, 5.41) is 0.646. The minimum Gasteiger partial charge on any atom is -0.272 e. The van der Waals surface area contributed by atoms with E-state index in [9.17, 15) is 9.59 Å². The highest BCUT2D eigenvalue weighted by atomic mass is 35.5. The molecule has 1 heterocycles. The number of nitrogens with one attached hydrogen (secondary N) is 2. The minimum absolute atomic E-state index is 0.188. The Balaban J connectivity index is 1.81. The van der Waals surface area contributed by atoms with E-state index in [4.69, 9.17) is 11.6 Å². The molecule has 0 radical (unpaired) electrons. The topological polar surface area (TPSA) is 71.1 Å². The summed E-state index contributed by atoms with van der Waals surface area (Å²) in [5.41, 5.74) is 6.67. The van der Waals surface area contributed by atoms with Crippen molar-refractivity contribution in [2.24, 2.45) is 0 Å². The average molecular weight is 350 g/mol. The fraction of sp³-hybridized carbons (Fsp3) is 0.188. The van der Waals surface area contributed by atoms with Crippen molar-refractivity contribution in [2.75, 3.05) is 5.75 Å². The lowest BCUT2D eigenvalue weighted by atomic mass is 10.2. The van der Waals surface area contributed by atoms with Gasteiger partial charge in [0.05, 0.1) is 17.0 Å². The smallest absolute Gasteiger partial charge is 0.271 e. The Morgan fingerprint density at radius 2 is 1.78 bits per heavy atom. The third-order valence-electron chi connectivity index (χ3n) is 2.97. The maximum absolute atomic E-state index is 12.0. The first-order valence-corrected chi connectivity index (χ1v) is 8.24. The van der Waals surface area contributed by atoms with E-state index in [2.05, 4.69) is 15.8 Å². The van der Waals surface area contributed by atoms with Crippen LogP contribution in [0, 0.1) is 13.8 Å². The molecule has 0 atom stereocenters. The predicted octanol–water partition coefficient (Wildman–Crippen LogP) is 2.91. The van der Waals surface area contributed by atoms with Gasteiger partial charge in [0, 0.05) is 15.6 Å². The summed E-state index contributed by atoms with van der Waals surface area (Å²) in [6.07, 6.45) is 0. The van der Waals surface area contributed by atoms with Gasteiger partial charge in [-0.3, -0.25) is 25.4 Å². The Kier molecular flexibility index (Phi) is 6.01. The van der Waals surface area contributed by atoms with Gasteiger partial charge in [0.25, 0.3) is 5.91 Å². The number of carbonyl (C=O) groups is 2. The fourth-order valence-electron chi connectivity index (χ4n) is 1.84. The molecule has 2 amide bonds. The van der Waals surface area contributed by atoms with Crippen LogP contribution in [0.25, 0.3) is 0 Å². The molecule has 0 aliphatic rings. The van der Waals surface area contributed by atoms with Crippen LogP contribution in [0.4, 0.5) is 0 Å². The Bertz CT molecular complexity index is 720. The first-order valence-electron chi connectivity index (χ1n) is 6.87. The minimum atomic E-state index is -0.389. The third-order valence-corrected chi connectivity index (χ3v) is 4.23. The van der Waals surface area contributed by atoms with Gasteiger partial charge in [-0.15, -0.1) is 11.8 Å². The summed E-state index contributed by atoms with van der Waals surface area (Å²) in [5.74, 6) is -0.497. The number of aryl methyl sites for hydroxylation is 2. The molecule has 0 saturated carbocycles. The number of hydrogen-bond acceptors (Lipinski definition) is 4. The van der Waals surface area contributed by atoms with Crippen LogP contribution in [0.5, 0.6) is 0 Å². The lowest BCUT2D eigenvalue weighted by molar-refractivity contribution is -0.119. The van der Waals surface area contributed by atoms with E-state index in [1.807, 2.05) is 19.1 Å². The van der Waals surface area contributed by atoms with Gasteiger partial charge < -0.3 is 0 Å².